The smallest absolute Gasteiger partial charge is 0.155 e. The summed E-state index contributed by atoms with van der Waals surface area (Å²) in [6, 6.07) is 1.92. The molecule has 16 heavy (non-hydrogen) atoms. The largest absolute Gasteiger partial charge is 0.372 e. The molecule has 0 unspecified atom stereocenters. The van der Waals surface area contributed by atoms with E-state index < -0.39 is 0 Å². The maximum absolute atomic E-state index is 5.70. The Labute approximate surface area is 95.6 Å². The molecule has 0 aliphatic carbocycles. The summed E-state index contributed by atoms with van der Waals surface area (Å²) in [6.07, 6.45) is 1.68. The SMILES string of the molecule is CC1(C)CN(c2nnccc2CN)CCO1. The van der Waals surface area contributed by atoms with Crippen LogP contribution < -0.4 is 10.6 Å². The van der Waals surface area contributed by atoms with E-state index in [0.717, 1.165) is 24.5 Å². The van der Waals surface area contributed by atoms with Crippen LogP contribution >= 0.6 is 0 Å². The molecule has 2 N–H and O–H groups in total. The third-order valence-electron chi connectivity index (χ3n) is 2.73. The Morgan fingerprint density at radius 3 is 3.06 bits per heavy atom. The molecule has 88 valence electrons. The number of nitrogens with two attached hydrogens (primary N) is 1. The van der Waals surface area contributed by atoms with E-state index in [2.05, 4.69) is 28.9 Å². The number of hydrogen-bond acceptors (Lipinski definition) is 5. The van der Waals surface area contributed by atoms with Crippen LogP contribution in [-0.4, -0.2) is 35.5 Å². The summed E-state index contributed by atoms with van der Waals surface area (Å²) in [7, 11) is 0. The highest BCUT2D eigenvalue weighted by molar-refractivity contribution is 5.46. The Balaban J connectivity index is 2.23. The van der Waals surface area contributed by atoms with Gasteiger partial charge in [0.25, 0.3) is 0 Å². The summed E-state index contributed by atoms with van der Waals surface area (Å²) in [6.45, 7) is 7.03. The van der Waals surface area contributed by atoms with Crippen LogP contribution in [0.15, 0.2) is 12.3 Å². The van der Waals surface area contributed by atoms with Crippen LogP contribution in [0.25, 0.3) is 0 Å². The molecule has 0 aromatic carbocycles. The van der Waals surface area contributed by atoms with Crippen molar-refractivity contribution in [2.24, 2.45) is 5.73 Å². The zero-order chi connectivity index (χ0) is 11.6. The zero-order valence-corrected chi connectivity index (χ0v) is 9.81. The van der Waals surface area contributed by atoms with Gasteiger partial charge in [0.15, 0.2) is 5.82 Å². The number of aromatic nitrogens is 2. The van der Waals surface area contributed by atoms with E-state index in [0.29, 0.717) is 13.2 Å². The van der Waals surface area contributed by atoms with Crippen molar-refractivity contribution >= 4 is 5.82 Å². The minimum atomic E-state index is -0.137. The third kappa shape index (κ3) is 2.31. The van der Waals surface area contributed by atoms with E-state index in [1.807, 2.05) is 6.07 Å². The summed E-state index contributed by atoms with van der Waals surface area (Å²) in [5, 5.41) is 8.11. The van der Waals surface area contributed by atoms with Crippen molar-refractivity contribution in [1.29, 1.82) is 0 Å². The van der Waals surface area contributed by atoms with Crippen molar-refractivity contribution in [2.45, 2.75) is 26.0 Å². The lowest BCUT2D eigenvalue weighted by molar-refractivity contribution is -0.0279. The van der Waals surface area contributed by atoms with Gasteiger partial charge >= 0.3 is 0 Å². The van der Waals surface area contributed by atoms with Gasteiger partial charge in [-0.25, -0.2) is 0 Å². The topological polar surface area (TPSA) is 64.3 Å². The maximum Gasteiger partial charge on any atom is 0.155 e. The molecule has 1 aromatic rings. The molecule has 5 nitrogen and oxygen atoms in total. The van der Waals surface area contributed by atoms with Crippen LogP contribution in [0, 0.1) is 0 Å². The lowest BCUT2D eigenvalue weighted by Gasteiger charge is -2.39. The molecule has 0 spiro atoms. The fourth-order valence-electron chi connectivity index (χ4n) is 1.97. The molecular formula is C11H18N4O. The second-order valence-electron chi connectivity index (χ2n) is 4.61. The Bertz CT molecular complexity index is 367. The van der Waals surface area contributed by atoms with Gasteiger partial charge in [0.2, 0.25) is 0 Å². The fraction of sp³-hybridized carbons (Fsp3) is 0.636. The van der Waals surface area contributed by atoms with E-state index in [1.54, 1.807) is 6.20 Å². The van der Waals surface area contributed by atoms with Gasteiger partial charge in [-0.05, 0) is 19.9 Å². The van der Waals surface area contributed by atoms with E-state index in [4.69, 9.17) is 10.5 Å². The van der Waals surface area contributed by atoms with Crippen molar-refractivity contribution in [2.75, 3.05) is 24.6 Å². The van der Waals surface area contributed by atoms with Crippen molar-refractivity contribution < 1.29 is 4.74 Å². The predicted molar refractivity (Wildman–Crippen MR) is 62.2 cm³/mol. The normalized spacial score (nSPS) is 19.8. The summed E-state index contributed by atoms with van der Waals surface area (Å²) < 4.78 is 5.67. The highest BCUT2D eigenvalue weighted by Crippen LogP contribution is 2.23. The van der Waals surface area contributed by atoms with Crippen molar-refractivity contribution in [1.82, 2.24) is 10.2 Å². The first-order valence-corrected chi connectivity index (χ1v) is 5.52. The first-order valence-electron chi connectivity index (χ1n) is 5.52. The van der Waals surface area contributed by atoms with Crippen LogP contribution in [0.1, 0.15) is 19.4 Å². The third-order valence-corrected chi connectivity index (χ3v) is 2.73. The minimum Gasteiger partial charge on any atom is -0.372 e. The average Bonchev–Trinajstić information content (AvgIpc) is 2.27. The van der Waals surface area contributed by atoms with Crippen LogP contribution in [-0.2, 0) is 11.3 Å². The predicted octanol–water partition coefficient (Wildman–Crippen LogP) is 0.551. The molecule has 0 atom stereocenters. The van der Waals surface area contributed by atoms with Gasteiger partial charge in [-0.2, -0.15) is 5.10 Å². The molecule has 2 heterocycles. The Kier molecular flexibility index (Phi) is 3.07. The zero-order valence-electron chi connectivity index (χ0n) is 9.81. The summed E-state index contributed by atoms with van der Waals surface area (Å²) in [5.41, 5.74) is 6.60. The highest BCUT2D eigenvalue weighted by Gasteiger charge is 2.28. The molecule has 1 aliphatic rings. The standard InChI is InChI=1S/C11H18N4O/c1-11(2)8-15(5-6-16-11)10-9(7-12)3-4-13-14-10/h3-4H,5-8,12H2,1-2H3. The van der Waals surface area contributed by atoms with Gasteiger partial charge in [0, 0.05) is 25.2 Å². The molecule has 0 bridgehead atoms. The van der Waals surface area contributed by atoms with Gasteiger partial charge in [-0.1, -0.05) is 0 Å². The molecule has 1 fully saturated rings. The molecular weight excluding hydrogens is 204 g/mol. The maximum atomic E-state index is 5.70. The van der Waals surface area contributed by atoms with Crippen LogP contribution in [0.2, 0.25) is 0 Å². The number of anilines is 1. The van der Waals surface area contributed by atoms with Crippen LogP contribution in [0.4, 0.5) is 5.82 Å². The summed E-state index contributed by atoms with van der Waals surface area (Å²) in [5.74, 6) is 0.890. The molecule has 5 heteroatoms. The number of morpholine rings is 1. The molecule has 0 saturated carbocycles. The number of hydrogen-bond donors (Lipinski definition) is 1. The number of ether oxygens (including phenoxy) is 1. The van der Waals surface area contributed by atoms with Gasteiger partial charge in [-0.15, -0.1) is 5.10 Å². The summed E-state index contributed by atoms with van der Waals surface area (Å²) >= 11 is 0. The highest BCUT2D eigenvalue weighted by atomic mass is 16.5. The van der Waals surface area contributed by atoms with Crippen LogP contribution in [0.3, 0.4) is 0 Å². The lowest BCUT2D eigenvalue weighted by atomic mass is 10.1. The van der Waals surface area contributed by atoms with E-state index >= 15 is 0 Å². The number of nitrogens with zero attached hydrogens (tertiary/aromatic N) is 3. The van der Waals surface area contributed by atoms with Gasteiger partial charge < -0.3 is 15.4 Å². The van der Waals surface area contributed by atoms with Gasteiger partial charge in [-0.3, -0.25) is 0 Å². The number of rotatable bonds is 2. The Hall–Kier alpha value is -1.20. The van der Waals surface area contributed by atoms with Gasteiger partial charge in [0.05, 0.1) is 18.4 Å². The first kappa shape index (κ1) is 11.3. The fourth-order valence-corrected chi connectivity index (χ4v) is 1.97. The van der Waals surface area contributed by atoms with Gasteiger partial charge in [0.1, 0.15) is 0 Å². The second kappa shape index (κ2) is 4.35. The molecule has 2 rings (SSSR count). The van der Waals surface area contributed by atoms with Crippen molar-refractivity contribution in [3.8, 4) is 0 Å². The lowest BCUT2D eigenvalue weighted by Crippen LogP contribution is -2.49. The van der Waals surface area contributed by atoms with E-state index in [9.17, 15) is 0 Å². The minimum absolute atomic E-state index is 0.137. The Morgan fingerprint density at radius 2 is 2.38 bits per heavy atom. The average molecular weight is 222 g/mol. The quantitative estimate of drug-likeness (QED) is 0.791. The van der Waals surface area contributed by atoms with Crippen molar-refractivity contribution in [3.05, 3.63) is 17.8 Å². The molecule has 1 aliphatic heterocycles. The molecule has 0 radical (unpaired) electrons. The molecule has 1 saturated heterocycles. The monoisotopic (exact) mass is 222 g/mol. The van der Waals surface area contributed by atoms with Crippen LogP contribution in [0.5, 0.6) is 0 Å². The first-order chi connectivity index (χ1) is 7.62. The summed E-state index contributed by atoms with van der Waals surface area (Å²) in [4.78, 5) is 2.19. The second-order valence-corrected chi connectivity index (χ2v) is 4.61. The van der Waals surface area contributed by atoms with E-state index in [-0.39, 0.29) is 5.60 Å². The van der Waals surface area contributed by atoms with Crippen molar-refractivity contribution in [3.63, 3.8) is 0 Å². The molecule has 0 amide bonds. The molecule has 1 aromatic heterocycles. The van der Waals surface area contributed by atoms with E-state index in [1.165, 1.54) is 0 Å². The Morgan fingerprint density at radius 1 is 1.56 bits per heavy atom.